The molecular formula is C12H9F6NO. The zero-order chi connectivity index (χ0) is 15.1. The molecule has 0 saturated heterocycles. The Kier molecular flexibility index (Phi) is 3.66. The summed E-state index contributed by atoms with van der Waals surface area (Å²) in [5, 5.41) is 0. The van der Waals surface area contributed by atoms with Gasteiger partial charge in [-0.25, -0.2) is 13.2 Å². The van der Waals surface area contributed by atoms with Gasteiger partial charge in [0.2, 0.25) is 0 Å². The number of carbonyl (C=O) groups excluding carboxylic acids is 1. The van der Waals surface area contributed by atoms with Crippen LogP contribution in [0.15, 0.2) is 12.1 Å². The first-order valence-electron chi connectivity index (χ1n) is 5.71. The van der Waals surface area contributed by atoms with Crippen molar-refractivity contribution in [3.05, 3.63) is 35.1 Å². The van der Waals surface area contributed by atoms with E-state index in [1.54, 1.807) is 0 Å². The summed E-state index contributed by atoms with van der Waals surface area (Å²) in [6.07, 6.45) is -3.82. The molecule has 20 heavy (non-hydrogen) atoms. The Balaban J connectivity index is 2.28. The Labute approximate surface area is 110 Å². The van der Waals surface area contributed by atoms with Crippen molar-refractivity contribution in [2.45, 2.75) is 25.1 Å². The van der Waals surface area contributed by atoms with Crippen LogP contribution in [0, 0.1) is 17.5 Å². The van der Waals surface area contributed by atoms with Gasteiger partial charge in [0.15, 0.2) is 17.5 Å². The van der Waals surface area contributed by atoms with Crippen molar-refractivity contribution >= 4 is 5.91 Å². The summed E-state index contributed by atoms with van der Waals surface area (Å²) >= 11 is 0. The average molecular weight is 297 g/mol. The van der Waals surface area contributed by atoms with E-state index in [0.29, 0.717) is 29.9 Å². The molecule has 1 aliphatic rings. The van der Waals surface area contributed by atoms with E-state index in [0.717, 1.165) is 0 Å². The molecule has 1 saturated carbocycles. The Bertz CT molecular complexity index is 514. The summed E-state index contributed by atoms with van der Waals surface area (Å²) in [6, 6.07) is 0.194. The largest absolute Gasteiger partial charge is 0.406 e. The second-order valence-electron chi connectivity index (χ2n) is 4.53. The quantitative estimate of drug-likeness (QED) is 0.619. The topological polar surface area (TPSA) is 20.3 Å². The summed E-state index contributed by atoms with van der Waals surface area (Å²) in [4.78, 5) is 12.4. The van der Waals surface area contributed by atoms with Crippen LogP contribution in [-0.2, 0) is 0 Å². The molecule has 1 aromatic carbocycles. The van der Waals surface area contributed by atoms with Crippen LogP contribution in [0.1, 0.15) is 23.2 Å². The van der Waals surface area contributed by atoms with Crippen LogP contribution in [0.3, 0.4) is 0 Å². The highest BCUT2D eigenvalue weighted by molar-refractivity contribution is 5.94. The third-order valence-corrected chi connectivity index (χ3v) is 2.83. The lowest BCUT2D eigenvalue weighted by atomic mass is 10.1. The van der Waals surface area contributed by atoms with Crippen LogP contribution in [0.4, 0.5) is 26.3 Å². The van der Waals surface area contributed by atoms with Crippen molar-refractivity contribution in [3.8, 4) is 0 Å². The second kappa shape index (κ2) is 4.99. The SMILES string of the molecule is O=C(c1cc(F)c(F)c(F)c1)N(CC(F)(F)F)C1CC1. The Morgan fingerprint density at radius 2 is 1.65 bits per heavy atom. The van der Waals surface area contributed by atoms with Crippen LogP contribution in [0.2, 0.25) is 0 Å². The van der Waals surface area contributed by atoms with Gasteiger partial charge in [0.05, 0.1) is 0 Å². The van der Waals surface area contributed by atoms with Gasteiger partial charge >= 0.3 is 6.18 Å². The van der Waals surface area contributed by atoms with E-state index in [1.165, 1.54) is 0 Å². The zero-order valence-electron chi connectivity index (χ0n) is 9.98. The van der Waals surface area contributed by atoms with E-state index in [4.69, 9.17) is 0 Å². The number of nitrogens with zero attached hydrogens (tertiary/aromatic N) is 1. The van der Waals surface area contributed by atoms with Crippen molar-refractivity contribution in [2.75, 3.05) is 6.54 Å². The van der Waals surface area contributed by atoms with E-state index < -0.39 is 47.7 Å². The molecule has 0 heterocycles. The van der Waals surface area contributed by atoms with Gasteiger partial charge in [-0.15, -0.1) is 0 Å². The van der Waals surface area contributed by atoms with Crippen LogP contribution in [0.5, 0.6) is 0 Å². The molecule has 0 aliphatic heterocycles. The second-order valence-corrected chi connectivity index (χ2v) is 4.53. The molecule has 0 bridgehead atoms. The molecule has 110 valence electrons. The lowest BCUT2D eigenvalue weighted by molar-refractivity contribution is -0.141. The minimum atomic E-state index is -4.62. The molecule has 0 atom stereocenters. The van der Waals surface area contributed by atoms with Crippen LogP contribution >= 0.6 is 0 Å². The van der Waals surface area contributed by atoms with Crippen molar-refractivity contribution in [3.63, 3.8) is 0 Å². The molecule has 1 fully saturated rings. The fourth-order valence-corrected chi connectivity index (χ4v) is 1.79. The van der Waals surface area contributed by atoms with E-state index >= 15 is 0 Å². The van der Waals surface area contributed by atoms with E-state index in [2.05, 4.69) is 0 Å². The molecule has 1 amide bonds. The van der Waals surface area contributed by atoms with Crippen molar-refractivity contribution in [2.24, 2.45) is 0 Å². The Hall–Kier alpha value is -1.73. The smallest absolute Gasteiger partial charge is 0.327 e. The number of amides is 1. The summed E-state index contributed by atoms with van der Waals surface area (Å²) < 4.78 is 76.0. The molecule has 1 aliphatic carbocycles. The van der Waals surface area contributed by atoms with Crippen LogP contribution < -0.4 is 0 Å². The summed E-state index contributed by atoms with van der Waals surface area (Å²) in [5.41, 5.74) is -0.641. The fraction of sp³-hybridized carbons (Fsp3) is 0.417. The molecule has 0 N–H and O–H groups in total. The van der Waals surface area contributed by atoms with E-state index in [9.17, 15) is 31.1 Å². The van der Waals surface area contributed by atoms with E-state index in [1.807, 2.05) is 0 Å². The highest BCUT2D eigenvalue weighted by Crippen LogP contribution is 2.31. The van der Waals surface area contributed by atoms with Gasteiger partial charge in [-0.3, -0.25) is 4.79 Å². The van der Waals surface area contributed by atoms with Crippen molar-refractivity contribution < 1.29 is 31.1 Å². The minimum absolute atomic E-state index is 0.395. The predicted molar refractivity (Wildman–Crippen MR) is 56.4 cm³/mol. The lowest BCUT2D eigenvalue weighted by Crippen LogP contribution is -2.40. The number of benzene rings is 1. The monoisotopic (exact) mass is 297 g/mol. The number of rotatable bonds is 3. The minimum Gasteiger partial charge on any atom is -0.327 e. The highest BCUT2D eigenvalue weighted by Gasteiger charge is 2.41. The Morgan fingerprint density at radius 1 is 1.15 bits per heavy atom. The summed E-state index contributed by atoms with van der Waals surface area (Å²) in [6.45, 7) is -1.50. The molecule has 2 nitrogen and oxygen atoms in total. The maximum atomic E-state index is 13.0. The summed E-state index contributed by atoms with van der Waals surface area (Å²) in [7, 11) is 0. The standard InChI is InChI=1S/C12H9F6NO/c13-8-3-6(4-9(14)10(8)15)11(20)19(7-1-2-7)5-12(16,17)18/h3-4,7H,1-2,5H2. The van der Waals surface area contributed by atoms with Crippen LogP contribution in [0.25, 0.3) is 0 Å². The van der Waals surface area contributed by atoms with Gasteiger partial charge in [0, 0.05) is 11.6 Å². The van der Waals surface area contributed by atoms with Crippen LogP contribution in [-0.4, -0.2) is 29.6 Å². The molecule has 2 rings (SSSR count). The highest BCUT2D eigenvalue weighted by atomic mass is 19.4. The maximum Gasteiger partial charge on any atom is 0.406 e. The normalized spacial score (nSPS) is 15.3. The average Bonchev–Trinajstić information content (AvgIpc) is 3.14. The number of hydrogen-bond acceptors (Lipinski definition) is 1. The number of alkyl halides is 3. The molecule has 0 radical (unpaired) electrons. The first-order valence-corrected chi connectivity index (χ1v) is 5.71. The van der Waals surface area contributed by atoms with Gasteiger partial charge in [0.25, 0.3) is 5.91 Å². The molecule has 0 unspecified atom stereocenters. The van der Waals surface area contributed by atoms with E-state index in [-0.39, 0.29) is 0 Å². The van der Waals surface area contributed by atoms with Crippen molar-refractivity contribution in [1.29, 1.82) is 0 Å². The fourth-order valence-electron chi connectivity index (χ4n) is 1.79. The van der Waals surface area contributed by atoms with Crippen molar-refractivity contribution in [1.82, 2.24) is 4.90 Å². The maximum absolute atomic E-state index is 13.0. The van der Waals surface area contributed by atoms with Gasteiger partial charge in [0.1, 0.15) is 6.54 Å². The number of carbonyl (C=O) groups is 1. The van der Waals surface area contributed by atoms with Gasteiger partial charge in [-0.05, 0) is 25.0 Å². The third kappa shape index (κ3) is 3.23. The molecule has 8 heteroatoms. The molecule has 0 aromatic heterocycles. The molecular weight excluding hydrogens is 288 g/mol. The molecule has 0 spiro atoms. The zero-order valence-corrected chi connectivity index (χ0v) is 9.98. The van der Waals surface area contributed by atoms with Gasteiger partial charge in [-0.1, -0.05) is 0 Å². The molecule has 1 aromatic rings. The van der Waals surface area contributed by atoms with Gasteiger partial charge in [-0.2, -0.15) is 13.2 Å². The first-order chi connectivity index (χ1) is 9.19. The number of halogens is 6. The first kappa shape index (κ1) is 14.7. The lowest BCUT2D eigenvalue weighted by Gasteiger charge is -2.23. The van der Waals surface area contributed by atoms with Gasteiger partial charge < -0.3 is 4.90 Å². The third-order valence-electron chi connectivity index (χ3n) is 2.83. The Morgan fingerprint density at radius 3 is 2.05 bits per heavy atom. The predicted octanol–water partition coefficient (Wildman–Crippen LogP) is 3.27. The number of hydrogen-bond donors (Lipinski definition) is 0. The summed E-state index contributed by atoms with van der Waals surface area (Å²) in [5.74, 6) is -6.16.